The molecule has 0 amide bonds. The minimum Gasteiger partial charge on any atom is -0.394 e. The number of hydrogen-bond donors (Lipinski definition) is 1. The average Bonchev–Trinajstić information content (AvgIpc) is 2.28. The number of aromatic nitrogens is 1. The largest absolute Gasteiger partial charge is 0.394 e. The molecule has 3 nitrogen and oxygen atoms in total. The molecule has 0 saturated heterocycles. The van der Waals surface area contributed by atoms with E-state index in [1.165, 1.54) is 16.7 Å². The van der Waals surface area contributed by atoms with Crippen molar-refractivity contribution in [3.63, 3.8) is 0 Å². The molecule has 0 saturated carbocycles. The van der Waals surface area contributed by atoms with Gasteiger partial charge in [0.1, 0.15) is 5.82 Å². The zero-order chi connectivity index (χ0) is 11.5. The summed E-state index contributed by atoms with van der Waals surface area (Å²) in [5.41, 5.74) is 6.34. The molecule has 0 aliphatic heterocycles. The molecule has 0 radical (unpaired) electrons. The lowest BCUT2D eigenvalue weighted by Crippen LogP contribution is -2.22. The van der Waals surface area contributed by atoms with Crippen molar-refractivity contribution in [3.05, 3.63) is 64.3 Å². The fourth-order valence-electron chi connectivity index (χ4n) is 1.47. The lowest BCUT2D eigenvalue weighted by molar-refractivity contribution is 0.626. The molecule has 16 heavy (non-hydrogen) atoms. The first kappa shape index (κ1) is 10.4. The molecule has 1 aromatic carbocycles. The summed E-state index contributed by atoms with van der Waals surface area (Å²) in [6.07, 6.45) is 1.65. The molecule has 1 heterocycles. The minimum absolute atomic E-state index is 0.213. The molecule has 2 N–H and O–H groups in total. The van der Waals surface area contributed by atoms with Gasteiger partial charge in [-0.3, -0.25) is 4.79 Å². The minimum atomic E-state index is -0.288. The number of nitrogens with two attached hydrogens (primary N) is 1. The standard InChI is InChI=1S/C12H11FN2O/c13-10-5-3-9(4-6-10)8-15-7-1-2-11(14)12(15)16/h1-7H,8,14H2. The van der Waals surface area contributed by atoms with Gasteiger partial charge in [-0.05, 0) is 29.8 Å². The Hall–Kier alpha value is -2.10. The van der Waals surface area contributed by atoms with Gasteiger partial charge in [0.05, 0.1) is 12.2 Å². The second-order valence-corrected chi connectivity index (χ2v) is 3.52. The van der Waals surface area contributed by atoms with Crippen molar-refractivity contribution in [2.45, 2.75) is 6.54 Å². The maximum atomic E-state index is 12.7. The molecule has 0 aliphatic rings. The van der Waals surface area contributed by atoms with Gasteiger partial charge in [-0.2, -0.15) is 0 Å². The van der Waals surface area contributed by atoms with Crippen LogP contribution in [0.1, 0.15) is 5.56 Å². The lowest BCUT2D eigenvalue weighted by atomic mass is 10.2. The van der Waals surface area contributed by atoms with Gasteiger partial charge in [-0.1, -0.05) is 12.1 Å². The summed E-state index contributed by atoms with van der Waals surface area (Å²) >= 11 is 0. The van der Waals surface area contributed by atoms with Gasteiger partial charge < -0.3 is 10.3 Å². The predicted octanol–water partition coefficient (Wildman–Crippen LogP) is 1.62. The van der Waals surface area contributed by atoms with E-state index < -0.39 is 0 Å². The number of anilines is 1. The first-order chi connectivity index (χ1) is 7.66. The normalized spacial score (nSPS) is 10.3. The van der Waals surface area contributed by atoms with Crippen molar-refractivity contribution < 1.29 is 4.39 Å². The van der Waals surface area contributed by atoms with Crippen LogP contribution in [0.3, 0.4) is 0 Å². The van der Waals surface area contributed by atoms with E-state index in [-0.39, 0.29) is 17.1 Å². The van der Waals surface area contributed by atoms with Crippen LogP contribution in [0, 0.1) is 5.82 Å². The summed E-state index contributed by atoms with van der Waals surface area (Å²) in [6.45, 7) is 0.393. The maximum Gasteiger partial charge on any atom is 0.273 e. The molecular formula is C12H11FN2O. The molecule has 2 rings (SSSR count). The predicted molar refractivity (Wildman–Crippen MR) is 60.6 cm³/mol. The summed E-state index contributed by atoms with van der Waals surface area (Å²) in [7, 11) is 0. The molecule has 0 fully saturated rings. The third-order valence-corrected chi connectivity index (χ3v) is 2.32. The van der Waals surface area contributed by atoms with Gasteiger partial charge in [0.25, 0.3) is 5.56 Å². The monoisotopic (exact) mass is 218 g/mol. The highest BCUT2D eigenvalue weighted by Gasteiger charge is 2.00. The van der Waals surface area contributed by atoms with Gasteiger partial charge in [-0.15, -0.1) is 0 Å². The summed E-state index contributed by atoms with van der Waals surface area (Å²) in [5.74, 6) is -0.288. The quantitative estimate of drug-likeness (QED) is 0.832. The third-order valence-electron chi connectivity index (χ3n) is 2.32. The molecule has 1 aromatic heterocycles. The van der Waals surface area contributed by atoms with Gasteiger partial charge in [-0.25, -0.2) is 4.39 Å². The van der Waals surface area contributed by atoms with Crippen molar-refractivity contribution in [3.8, 4) is 0 Å². The third kappa shape index (κ3) is 2.11. The molecular weight excluding hydrogens is 207 g/mol. The molecule has 0 bridgehead atoms. The maximum absolute atomic E-state index is 12.7. The molecule has 4 heteroatoms. The molecule has 82 valence electrons. The second kappa shape index (κ2) is 4.18. The van der Waals surface area contributed by atoms with Crippen LogP contribution >= 0.6 is 0 Å². The number of pyridine rings is 1. The zero-order valence-corrected chi connectivity index (χ0v) is 8.56. The van der Waals surface area contributed by atoms with Crippen LogP contribution in [-0.2, 0) is 6.54 Å². The van der Waals surface area contributed by atoms with Crippen molar-refractivity contribution >= 4 is 5.69 Å². The molecule has 0 aliphatic carbocycles. The highest BCUT2D eigenvalue weighted by Crippen LogP contribution is 2.04. The van der Waals surface area contributed by atoms with Crippen LogP contribution in [0.2, 0.25) is 0 Å². The van der Waals surface area contributed by atoms with Crippen molar-refractivity contribution in [1.82, 2.24) is 4.57 Å². The Bertz CT molecular complexity index is 546. The van der Waals surface area contributed by atoms with Gasteiger partial charge in [0.2, 0.25) is 0 Å². The van der Waals surface area contributed by atoms with Crippen LogP contribution in [0.5, 0.6) is 0 Å². The summed E-state index contributed by atoms with van der Waals surface area (Å²) in [5, 5.41) is 0. The molecule has 0 atom stereocenters. The Morgan fingerprint density at radius 3 is 2.56 bits per heavy atom. The number of hydrogen-bond acceptors (Lipinski definition) is 2. The van der Waals surface area contributed by atoms with Crippen molar-refractivity contribution in [2.24, 2.45) is 0 Å². The highest BCUT2D eigenvalue weighted by atomic mass is 19.1. The Kier molecular flexibility index (Phi) is 2.72. The van der Waals surface area contributed by atoms with Crippen molar-refractivity contribution in [2.75, 3.05) is 5.73 Å². The average molecular weight is 218 g/mol. The fourth-order valence-corrected chi connectivity index (χ4v) is 1.47. The Morgan fingerprint density at radius 2 is 1.88 bits per heavy atom. The first-order valence-electron chi connectivity index (χ1n) is 4.86. The van der Waals surface area contributed by atoms with E-state index in [2.05, 4.69) is 0 Å². The van der Waals surface area contributed by atoms with Crippen LogP contribution in [0.25, 0.3) is 0 Å². The summed E-state index contributed by atoms with van der Waals surface area (Å²) in [6, 6.07) is 9.29. The van der Waals surface area contributed by atoms with Gasteiger partial charge in [0.15, 0.2) is 0 Å². The Morgan fingerprint density at radius 1 is 1.19 bits per heavy atom. The van der Waals surface area contributed by atoms with E-state index in [4.69, 9.17) is 5.73 Å². The van der Waals surface area contributed by atoms with Crippen molar-refractivity contribution in [1.29, 1.82) is 0 Å². The SMILES string of the molecule is Nc1cccn(Cc2ccc(F)cc2)c1=O. The Labute approximate surface area is 92.0 Å². The summed E-state index contributed by atoms with van der Waals surface area (Å²) in [4.78, 5) is 11.6. The number of benzene rings is 1. The van der Waals surface area contributed by atoms with Crippen LogP contribution in [0.4, 0.5) is 10.1 Å². The van der Waals surface area contributed by atoms with E-state index in [9.17, 15) is 9.18 Å². The number of rotatable bonds is 2. The molecule has 2 aromatic rings. The fraction of sp³-hybridized carbons (Fsp3) is 0.0833. The van der Waals surface area contributed by atoms with E-state index >= 15 is 0 Å². The lowest BCUT2D eigenvalue weighted by Gasteiger charge is -2.06. The van der Waals surface area contributed by atoms with Crippen LogP contribution in [0.15, 0.2) is 47.4 Å². The zero-order valence-electron chi connectivity index (χ0n) is 8.56. The van der Waals surface area contributed by atoms with Crippen LogP contribution in [-0.4, -0.2) is 4.57 Å². The van der Waals surface area contributed by atoms with E-state index in [1.807, 2.05) is 0 Å². The molecule has 0 unspecified atom stereocenters. The summed E-state index contributed by atoms with van der Waals surface area (Å²) < 4.78 is 14.2. The number of nitrogen functional groups attached to an aromatic ring is 1. The number of halogens is 1. The molecule has 0 spiro atoms. The van der Waals surface area contributed by atoms with E-state index in [0.29, 0.717) is 6.54 Å². The second-order valence-electron chi connectivity index (χ2n) is 3.52. The topological polar surface area (TPSA) is 48.0 Å². The van der Waals surface area contributed by atoms with Gasteiger partial charge in [0, 0.05) is 6.20 Å². The van der Waals surface area contributed by atoms with Gasteiger partial charge >= 0.3 is 0 Å². The van der Waals surface area contributed by atoms with E-state index in [0.717, 1.165) is 5.56 Å². The van der Waals surface area contributed by atoms with Crippen LogP contribution < -0.4 is 11.3 Å². The highest BCUT2D eigenvalue weighted by molar-refractivity contribution is 5.34. The van der Waals surface area contributed by atoms with E-state index in [1.54, 1.807) is 30.5 Å². The Balaban J connectivity index is 2.31. The smallest absolute Gasteiger partial charge is 0.273 e. The number of nitrogens with zero attached hydrogens (tertiary/aromatic N) is 1. The first-order valence-corrected chi connectivity index (χ1v) is 4.86.